The number of hydrogen-bond acceptors (Lipinski definition) is 5. The van der Waals surface area contributed by atoms with Crippen molar-refractivity contribution in [1.82, 2.24) is 25.6 Å². The van der Waals surface area contributed by atoms with Crippen molar-refractivity contribution in [1.29, 1.82) is 0 Å². The highest BCUT2D eigenvalue weighted by Crippen LogP contribution is 2.24. The van der Waals surface area contributed by atoms with Gasteiger partial charge in [0.1, 0.15) is 0 Å². The van der Waals surface area contributed by atoms with Crippen molar-refractivity contribution in [2.24, 2.45) is 0 Å². The molecule has 2 heterocycles. The summed E-state index contributed by atoms with van der Waals surface area (Å²) in [6, 6.07) is 15.3. The third-order valence-electron chi connectivity index (χ3n) is 4.57. The van der Waals surface area contributed by atoms with Crippen LogP contribution in [-0.2, 0) is 11.2 Å². The molecule has 0 saturated heterocycles. The van der Waals surface area contributed by atoms with Gasteiger partial charge in [-0.15, -0.1) is 10.2 Å². The molecule has 0 aliphatic carbocycles. The molecule has 1 amide bonds. The Labute approximate surface area is 155 Å². The maximum absolute atomic E-state index is 12.6. The normalized spacial score (nSPS) is 10.9. The summed E-state index contributed by atoms with van der Waals surface area (Å²) in [4.78, 5) is 17.3. The highest BCUT2D eigenvalue weighted by atomic mass is 16.1. The predicted octanol–water partition coefficient (Wildman–Crippen LogP) is 3.21. The highest BCUT2D eigenvalue weighted by molar-refractivity contribution is 5.94. The van der Waals surface area contributed by atoms with Crippen molar-refractivity contribution in [3.63, 3.8) is 0 Å². The molecule has 7 heteroatoms. The van der Waals surface area contributed by atoms with Crippen LogP contribution in [0.25, 0.3) is 22.3 Å². The van der Waals surface area contributed by atoms with Gasteiger partial charge in [0.15, 0.2) is 0 Å². The molecule has 4 rings (SSSR count). The number of aromatic nitrogens is 5. The van der Waals surface area contributed by atoms with Gasteiger partial charge in [-0.1, -0.05) is 30.3 Å². The molecule has 2 N–H and O–H groups in total. The van der Waals surface area contributed by atoms with E-state index in [2.05, 4.69) is 30.9 Å². The number of aryl methyl sites for hydroxylation is 2. The van der Waals surface area contributed by atoms with Crippen LogP contribution in [0.15, 0.2) is 48.5 Å². The first kappa shape index (κ1) is 16.8. The van der Waals surface area contributed by atoms with Gasteiger partial charge in [0.2, 0.25) is 11.7 Å². The zero-order valence-corrected chi connectivity index (χ0v) is 15.0. The van der Waals surface area contributed by atoms with E-state index in [1.54, 1.807) is 0 Å². The number of para-hydroxylation sites is 1. The second kappa shape index (κ2) is 6.95. The SMILES string of the molecule is Cc1nc2ccccc2c(C)c1CC(=O)Nc1cccc(-c2nn[nH]n2)c1. The molecule has 0 bridgehead atoms. The number of carbonyl (C=O) groups excluding carboxylic acids is 1. The van der Waals surface area contributed by atoms with Crippen LogP contribution in [0.2, 0.25) is 0 Å². The molecule has 0 spiro atoms. The molecule has 0 saturated carbocycles. The Morgan fingerprint density at radius 1 is 1.11 bits per heavy atom. The van der Waals surface area contributed by atoms with E-state index in [0.29, 0.717) is 11.5 Å². The lowest BCUT2D eigenvalue weighted by atomic mass is 9.99. The number of aromatic amines is 1. The first-order valence-electron chi connectivity index (χ1n) is 8.60. The smallest absolute Gasteiger partial charge is 0.228 e. The van der Waals surface area contributed by atoms with Gasteiger partial charge < -0.3 is 5.32 Å². The number of nitrogens with zero attached hydrogens (tertiary/aromatic N) is 4. The predicted molar refractivity (Wildman–Crippen MR) is 103 cm³/mol. The minimum absolute atomic E-state index is 0.0939. The molecule has 2 aromatic carbocycles. The van der Waals surface area contributed by atoms with Gasteiger partial charge in [-0.25, -0.2) is 0 Å². The number of hydrogen-bond donors (Lipinski definition) is 2. The van der Waals surface area contributed by atoms with Gasteiger partial charge in [0, 0.05) is 22.3 Å². The molecule has 0 unspecified atom stereocenters. The minimum atomic E-state index is -0.0939. The van der Waals surface area contributed by atoms with Crippen molar-refractivity contribution in [2.75, 3.05) is 5.32 Å². The van der Waals surface area contributed by atoms with E-state index >= 15 is 0 Å². The fourth-order valence-corrected chi connectivity index (χ4v) is 3.22. The van der Waals surface area contributed by atoms with Crippen LogP contribution in [0, 0.1) is 13.8 Å². The Morgan fingerprint density at radius 3 is 2.78 bits per heavy atom. The first-order valence-corrected chi connectivity index (χ1v) is 8.60. The number of anilines is 1. The fourth-order valence-electron chi connectivity index (χ4n) is 3.22. The van der Waals surface area contributed by atoms with Crippen LogP contribution in [0.3, 0.4) is 0 Å². The molecule has 4 aromatic rings. The Bertz CT molecular complexity index is 1120. The second-order valence-electron chi connectivity index (χ2n) is 6.36. The van der Waals surface area contributed by atoms with E-state index in [1.165, 1.54) is 0 Å². The maximum atomic E-state index is 12.6. The van der Waals surface area contributed by atoms with Crippen molar-refractivity contribution >= 4 is 22.5 Å². The number of tetrazole rings is 1. The van der Waals surface area contributed by atoms with Gasteiger partial charge in [0.25, 0.3) is 0 Å². The largest absolute Gasteiger partial charge is 0.326 e. The van der Waals surface area contributed by atoms with Crippen LogP contribution in [0.1, 0.15) is 16.8 Å². The van der Waals surface area contributed by atoms with E-state index in [4.69, 9.17) is 0 Å². The van der Waals surface area contributed by atoms with Gasteiger partial charge in [-0.2, -0.15) is 5.21 Å². The van der Waals surface area contributed by atoms with Crippen LogP contribution in [0.5, 0.6) is 0 Å². The third-order valence-corrected chi connectivity index (χ3v) is 4.57. The summed E-state index contributed by atoms with van der Waals surface area (Å²) in [5, 5.41) is 17.9. The number of H-pyrrole nitrogens is 1. The van der Waals surface area contributed by atoms with Crippen molar-refractivity contribution < 1.29 is 4.79 Å². The van der Waals surface area contributed by atoms with Crippen LogP contribution < -0.4 is 5.32 Å². The molecular formula is C20H18N6O. The zero-order chi connectivity index (χ0) is 18.8. The van der Waals surface area contributed by atoms with Gasteiger partial charge in [0.05, 0.1) is 11.9 Å². The molecule has 27 heavy (non-hydrogen) atoms. The molecule has 0 fully saturated rings. The molecule has 0 atom stereocenters. The summed E-state index contributed by atoms with van der Waals surface area (Å²) in [5.74, 6) is 0.389. The molecular weight excluding hydrogens is 340 g/mol. The van der Waals surface area contributed by atoms with E-state index in [9.17, 15) is 4.79 Å². The summed E-state index contributed by atoms with van der Waals surface area (Å²) in [6.45, 7) is 3.98. The highest BCUT2D eigenvalue weighted by Gasteiger charge is 2.13. The molecule has 0 aliphatic rings. The summed E-state index contributed by atoms with van der Waals surface area (Å²) in [7, 11) is 0. The summed E-state index contributed by atoms with van der Waals surface area (Å²) < 4.78 is 0. The molecule has 7 nitrogen and oxygen atoms in total. The zero-order valence-electron chi connectivity index (χ0n) is 15.0. The second-order valence-corrected chi connectivity index (χ2v) is 6.36. The topological polar surface area (TPSA) is 96.5 Å². The fraction of sp³-hybridized carbons (Fsp3) is 0.150. The maximum Gasteiger partial charge on any atom is 0.228 e. The molecule has 0 radical (unpaired) electrons. The lowest BCUT2D eigenvalue weighted by Crippen LogP contribution is -2.16. The van der Waals surface area contributed by atoms with Gasteiger partial charge in [-0.3, -0.25) is 9.78 Å². The summed E-state index contributed by atoms with van der Waals surface area (Å²) in [5.41, 5.74) is 5.34. The lowest BCUT2D eigenvalue weighted by molar-refractivity contribution is -0.115. The van der Waals surface area contributed by atoms with E-state index in [-0.39, 0.29) is 12.3 Å². The molecule has 134 valence electrons. The van der Waals surface area contributed by atoms with Crippen LogP contribution in [-0.4, -0.2) is 31.5 Å². The lowest BCUT2D eigenvalue weighted by Gasteiger charge is -2.13. The summed E-state index contributed by atoms with van der Waals surface area (Å²) in [6.07, 6.45) is 0.266. The first-order chi connectivity index (χ1) is 13.1. The quantitative estimate of drug-likeness (QED) is 0.584. The van der Waals surface area contributed by atoms with E-state index < -0.39 is 0 Å². The third kappa shape index (κ3) is 3.39. The number of rotatable bonds is 4. The monoisotopic (exact) mass is 358 g/mol. The number of nitrogens with one attached hydrogen (secondary N) is 2. The Hall–Kier alpha value is -3.61. The molecule has 2 aromatic heterocycles. The van der Waals surface area contributed by atoms with Crippen molar-refractivity contribution in [2.45, 2.75) is 20.3 Å². The van der Waals surface area contributed by atoms with Gasteiger partial charge >= 0.3 is 0 Å². The Morgan fingerprint density at radius 2 is 1.96 bits per heavy atom. The number of pyridine rings is 1. The summed E-state index contributed by atoms with van der Waals surface area (Å²) >= 11 is 0. The number of fused-ring (bicyclic) bond motifs is 1. The number of carbonyl (C=O) groups is 1. The molecule has 0 aliphatic heterocycles. The Balaban J connectivity index is 1.57. The van der Waals surface area contributed by atoms with Crippen LogP contribution >= 0.6 is 0 Å². The van der Waals surface area contributed by atoms with Crippen LogP contribution in [0.4, 0.5) is 5.69 Å². The van der Waals surface area contributed by atoms with E-state index in [1.807, 2.05) is 62.4 Å². The standard InChI is InChI=1S/C20H18N6O/c1-12-16-8-3-4-9-18(16)21-13(2)17(12)11-19(27)22-15-7-5-6-14(10-15)20-23-25-26-24-20/h3-10H,11H2,1-2H3,(H,22,27)(H,23,24,25,26). The average molecular weight is 358 g/mol. The number of benzene rings is 2. The average Bonchev–Trinajstić information content (AvgIpc) is 3.20. The van der Waals surface area contributed by atoms with E-state index in [0.717, 1.165) is 33.3 Å². The van der Waals surface area contributed by atoms with Gasteiger partial charge in [-0.05, 0) is 48.4 Å². The van der Waals surface area contributed by atoms with Crippen molar-refractivity contribution in [3.05, 3.63) is 65.4 Å². The minimum Gasteiger partial charge on any atom is -0.326 e. The Kier molecular flexibility index (Phi) is 4.33. The number of amides is 1. The van der Waals surface area contributed by atoms with Crippen molar-refractivity contribution in [3.8, 4) is 11.4 Å².